The average molecular weight is 544 g/mol. The molecule has 0 aromatic carbocycles. The van der Waals surface area contributed by atoms with E-state index in [1.807, 2.05) is 6.92 Å². The summed E-state index contributed by atoms with van der Waals surface area (Å²) in [5.41, 5.74) is 4.35. The summed E-state index contributed by atoms with van der Waals surface area (Å²) in [6.07, 6.45) is 7.20. The number of esters is 1. The number of ketones is 1. The van der Waals surface area contributed by atoms with Gasteiger partial charge in [-0.05, 0) is 49.0 Å². The first-order valence-electron chi connectivity index (χ1n) is 13.5. The number of aliphatic hydroxyl groups is 1. The molecule has 4 rings (SSSR count). The predicted molar refractivity (Wildman–Crippen MR) is 147 cm³/mol. The number of aromatic nitrogens is 1. The number of thioether (sulfide) groups is 1. The molecule has 3 aliphatic carbocycles. The van der Waals surface area contributed by atoms with Crippen LogP contribution in [0, 0.1) is 34.0 Å². The van der Waals surface area contributed by atoms with Gasteiger partial charge in [-0.1, -0.05) is 33.8 Å². The van der Waals surface area contributed by atoms with Crippen molar-refractivity contribution in [2.24, 2.45) is 39.7 Å². The molecule has 1 amide bonds. The number of nitrogens with one attached hydrogen (secondary N) is 1. The number of nitrogens with two attached hydrogens (primary N) is 1. The Bertz CT molecular complexity index is 1110. The van der Waals surface area contributed by atoms with Crippen molar-refractivity contribution in [3.05, 3.63) is 31.1 Å². The summed E-state index contributed by atoms with van der Waals surface area (Å²) < 4.78 is 6.28. The number of carbonyl (C=O) groups is 3. The topological polar surface area (TPSA) is 132 Å². The highest BCUT2D eigenvalue weighted by Gasteiger charge is 2.68. The number of carbonyl (C=O) groups excluding carboxylic acids is 3. The molecule has 208 valence electrons. The van der Waals surface area contributed by atoms with Gasteiger partial charge in [-0.25, -0.2) is 0 Å². The third-order valence-corrected chi connectivity index (χ3v) is 11.1. The molecule has 4 N–H and O–H groups in total. The van der Waals surface area contributed by atoms with Gasteiger partial charge in [-0.3, -0.25) is 19.4 Å². The van der Waals surface area contributed by atoms with E-state index >= 15 is 0 Å². The van der Waals surface area contributed by atoms with Crippen LogP contribution in [-0.4, -0.2) is 52.3 Å². The Morgan fingerprint density at radius 2 is 2.05 bits per heavy atom. The molecule has 0 saturated heterocycles. The quantitative estimate of drug-likeness (QED) is 0.267. The van der Waals surface area contributed by atoms with E-state index in [0.717, 1.165) is 19.3 Å². The van der Waals surface area contributed by atoms with E-state index in [1.54, 1.807) is 18.3 Å². The average Bonchev–Trinajstić information content (AvgIpc) is 3.26. The van der Waals surface area contributed by atoms with Crippen molar-refractivity contribution in [3.63, 3.8) is 0 Å². The summed E-state index contributed by atoms with van der Waals surface area (Å²) in [6.45, 7) is 12.3. The van der Waals surface area contributed by atoms with Gasteiger partial charge in [0.25, 0.3) is 0 Å². The second kappa shape index (κ2) is 10.7. The highest BCUT2D eigenvalue weighted by atomic mass is 32.2. The highest BCUT2D eigenvalue weighted by molar-refractivity contribution is 8.00. The zero-order valence-electron chi connectivity index (χ0n) is 22.9. The highest BCUT2D eigenvalue weighted by Crippen LogP contribution is 2.68. The largest absolute Gasteiger partial charge is 0.461 e. The van der Waals surface area contributed by atoms with E-state index in [0.29, 0.717) is 23.4 Å². The Kier molecular flexibility index (Phi) is 8.13. The van der Waals surface area contributed by atoms with E-state index in [-0.39, 0.29) is 53.1 Å². The predicted octanol–water partition coefficient (Wildman–Crippen LogP) is 3.98. The molecule has 3 fully saturated rings. The maximum Gasteiger partial charge on any atom is 0.316 e. The van der Waals surface area contributed by atoms with Gasteiger partial charge in [-0.15, -0.1) is 18.3 Å². The van der Waals surface area contributed by atoms with Crippen molar-refractivity contribution in [1.82, 2.24) is 4.98 Å². The fraction of sp³-hybridized carbons (Fsp3) is 0.655. The fourth-order valence-electron chi connectivity index (χ4n) is 7.61. The lowest BCUT2D eigenvalue weighted by atomic mass is 9.44. The van der Waals surface area contributed by atoms with Crippen molar-refractivity contribution in [3.8, 4) is 0 Å². The van der Waals surface area contributed by atoms with Crippen molar-refractivity contribution >= 4 is 35.1 Å². The first kappa shape index (κ1) is 28.8. The van der Waals surface area contributed by atoms with Crippen LogP contribution in [0.25, 0.3) is 0 Å². The Labute approximate surface area is 229 Å². The van der Waals surface area contributed by atoms with Crippen LogP contribution in [0.5, 0.6) is 0 Å². The molecule has 0 aliphatic heterocycles. The molecule has 1 aromatic heterocycles. The second-order valence-electron chi connectivity index (χ2n) is 12.0. The summed E-state index contributed by atoms with van der Waals surface area (Å²) in [5.74, 6) is -0.580. The van der Waals surface area contributed by atoms with Crippen LogP contribution in [0.4, 0.5) is 5.69 Å². The Morgan fingerprint density at radius 3 is 2.74 bits per heavy atom. The molecule has 0 spiro atoms. The van der Waals surface area contributed by atoms with Crippen LogP contribution in [0.1, 0.15) is 59.8 Å². The molecule has 8 atom stereocenters. The summed E-state index contributed by atoms with van der Waals surface area (Å²) in [5, 5.41) is 14.3. The lowest BCUT2D eigenvalue weighted by Crippen LogP contribution is -2.63. The van der Waals surface area contributed by atoms with Gasteiger partial charge in [0, 0.05) is 34.3 Å². The maximum absolute atomic E-state index is 13.5. The number of hydrogen-bond donors (Lipinski definition) is 3. The van der Waals surface area contributed by atoms with Crippen molar-refractivity contribution in [2.75, 3.05) is 17.6 Å². The van der Waals surface area contributed by atoms with Gasteiger partial charge in [-0.2, -0.15) is 0 Å². The number of pyridine rings is 1. The Morgan fingerprint density at radius 1 is 1.32 bits per heavy atom. The van der Waals surface area contributed by atoms with E-state index in [1.165, 1.54) is 18.0 Å². The number of anilines is 1. The van der Waals surface area contributed by atoms with Gasteiger partial charge in [0.05, 0.1) is 30.3 Å². The summed E-state index contributed by atoms with van der Waals surface area (Å²) in [6, 6.07) is 1.73. The molecule has 0 unspecified atom stereocenters. The fourth-order valence-corrected chi connectivity index (χ4v) is 8.31. The van der Waals surface area contributed by atoms with E-state index < -0.39 is 23.0 Å². The molecule has 38 heavy (non-hydrogen) atoms. The van der Waals surface area contributed by atoms with Crippen LogP contribution in [0.2, 0.25) is 0 Å². The third kappa shape index (κ3) is 4.82. The zero-order chi connectivity index (χ0) is 27.9. The second-order valence-corrected chi connectivity index (χ2v) is 13.1. The van der Waals surface area contributed by atoms with Crippen molar-refractivity contribution in [1.29, 1.82) is 0 Å². The molecule has 8 nitrogen and oxygen atoms in total. The standard InChI is InChI=1S/C29H41N3O5S/c1-6-27(4)12-22(37-24(35)16-38-20-11-19(14-31-15-20)32-23(34)13-30)28(5)17(2)7-9-29(18(3)26(27)36)10-8-21(33)25(28)29/h6,11,14-15,17-18,22,25-26,36H,1,7-10,12-13,16,30H2,2-5H3,(H,32,34)/t17-,18+,22-,25+,26+,27-,28+,29+/m1/s1. The minimum Gasteiger partial charge on any atom is -0.461 e. The number of amides is 1. The smallest absolute Gasteiger partial charge is 0.316 e. The SMILES string of the molecule is C=C[C@]1(C)C[C@@H](OC(=O)CSc2cncc(NC(=O)CN)c2)[C@]2(C)[C@H](C)CC[C@]3(CCC(=O)[C@H]32)[C@@H](C)[C@@H]1O. The zero-order valence-corrected chi connectivity index (χ0v) is 23.7. The minimum atomic E-state index is -0.695. The molecule has 3 saturated carbocycles. The Hall–Kier alpha value is -2.23. The number of Topliss-reactive ketones (excluding diaryl/α,β-unsaturated/α-hetero) is 1. The van der Waals surface area contributed by atoms with Crippen LogP contribution in [-0.2, 0) is 19.1 Å². The number of hydrogen-bond acceptors (Lipinski definition) is 8. The van der Waals surface area contributed by atoms with Crippen LogP contribution >= 0.6 is 11.8 Å². The normalized spacial score (nSPS) is 38.5. The molecule has 1 aromatic rings. The minimum absolute atomic E-state index is 0.0461. The molecular weight excluding hydrogens is 502 g/mol. The first-order chi connectivity index (χ1) is 17.9. The molecule has 1 heterocycles. The number of nitrogens with zero attached hydrogens (tertiary/aromatic N) is 1. The summed E-state index contributed by atoms with van der Waals surface area (Å²) >= 11 is 1.27. The number of ether oxygens (including phenoxy) is 1. The van der Waals surface area contributed by atoms with Gasteiger partial charge >= 0.3 is 5.97 Å². The van der Waals surface area contributed by atoms with Gasteiger partial charge in [0.1, 0.15) is 11.9 Å². The van der Waals surface area contributed by atoms with Gasteiger partial charge in [0.15, 0.2) is 0 Å². The van der Waals surface area contributed by atoms with E-state index in [4.69, 9.17) is 10.5 Å². The van der Waals surface area contributed by atoms with Crippen LogP contribution in [0.15, 0.2) is 36.0 Å². The van der Waals surface area contributed by atoms with E-state index in [2.05, 4.69) is 37.7 Å². The lowest BCUT2D eigenvalue weighted by Gasteiger charge is -2.61. The Balaban J connectivity index is 1.60. The van der Waals surface area contributed by atoms with Crippen LogP contribution in [0.3, 0.4) is 0 Å². The van der Waals surface area contributed by atoms with E-state index in [9.17, 15) is 19.5 Å². The molecule has 0 radical (unpaired) electrons. The van der Waals surface area contributed by atoms with Crippen molar-refractivity contribution in [2.45, 2.75) is 76.9 Å². The van der Waals surface area contributed by atoms with Gasteiger partial charge in [0.2, 0.25) is 5.91 Å². The lowest BCUT2D eigenvalue weighted by molar-refractivity contribution is -0.205. The third-order valence-electron chi connectivity index (χ3n) is 10.1. The molecule has 3 aliphatic rings. The molecule has 9 heteroatoms. The summed E-state index contributed by atoms with van der Waals surface area (Å²) in [7, 11) is 0. The van der Waals surface area contributed by atoms with Gasteiger partial charge < -0.3 is 20.9 Å². The summed E-state index contributed by atoms with van der Waals surface area (Å²) in [4.78, 5) is 43.2. The molecular formula is C29H41N3O5S. The number of rotatable bonds is 7. The first-order valence-corrected chi connectivity index (χ1v) is 14.5. The maximum atomic E-state index is 13.5. The van der Waals surface area contributed by atoms with Crippen molar-refractivity contribution < 1.29 is 24.2 Å². The molecule has 2 bridgehead atoms. The monoisotopic (exact) mass is 543 g/mol. The van der Waals surface area contributed by atoms with Crippen LogP contribution < -0.4 is 11.1 Å². The number of aliphatic hydroxyl groups excluding tert-OH is 1.